The highest BCUT2D eigenvalue weighted by Gasteiger charge is 2.51. The van der Waals surface area contributed by atoms with E-state index in [4.69, 9.17) is 17.0 Å². The predicted octanol–water partition coefficient (Wildman–Crippen LogP) is 2.66. The van der Waals surface area contributed by atoms with Crippen LogP contribution < -0.4 is 5.32 Å². The quantitative estimate of drug-likeness (QED) is 0.866. The van der Waals surface area contributed by atoms with Gasteiger partial charge in [0, 0.05) is 19.9 Å². The molecule has 1 saturated carbocycles. The van der Waals surface area contributed by atoms with Gasteiger partial charge in [-0.15, -0.1) is 0 Å². The highest BCUT2D eigenvalue weighted by molar-refractivity contribution is 7.80. The lowest BCUT2D eigenvalue weighted by Gasteiger charge is -2.44. The number of aromatic nitrogens is 1. The van der Waals surface area contributed by atoms with E-state index in [1.54, 1.807) is 7.11 Å². The number of hydrogen-bond acceptors (Lipinski definition) is 3. The van der Waals surface area contributed by atoms with Crippen molar-refractivity contribution in [1.82, 2.24) is 15.2 Å². The first kappa shape index (κ1) is 14.7. The van der Waals surface area contributed by atoms with Crippen LogP contribution >= 0.6 is 12.2 Å². The van der Waals surface area contributed by atoms with Gasteiger partial charge in [-0.25, -0.2) is 0 Å². The van der Waals surface area contributed by atoms with Crippen molar-refractivity contribution in [2.24, 2.45) is 0 Å². The minimum absolute atomic E-state index is 0.0716. The summed E-state index contributed by atoms with van der Waals surface area (Å²) in [4.78, 5) is 6.94. The van der Waals surface area contributed by atoms with E-state index in [0.29, 0.717) is 6.61 Å². The van der Waals surface area contributed by atoms with Gasteiger partial charge in [-0.05, 0) is 37.2 Å². The van der Waals surface area contributed by atoms with Crippen molar-refractivity contribution in [3.05, 3.63) is 30.1 Å². The van der Waals surface area contributed by atoms with Crippen LogP contribution in [-0.2, 0) is 4.74 Å². The summed E-state index contributed by atoms with van der Waals surface area (Å²) in [6, 6.07) is 6.33. The Morgan fingerprint density at radius 3 is 2.86 bits per heavy atom. The zero-order valence-corrected chi connectivity index (χ0v) is 13.4. The first-order valence-electron chi connectivity index (χ1n) is 7.76. The Morgan fingerprint density at radius 2 is 2.19 bits per heavy atom. The summed E-state index contributed by atoms with van der Waals surface area (Å²) in [6.45, 7) is 1.56. The molecule has 0 radical (unpaired) electrons. The van der Waals surface area contributed by atoms with Gasteiger partial charge in [0.05, 0.1) is 23.9 Å². The maximum Gasteiger partial charge on any atom is 0.170 e. The van der Waals surface area contributed by atoms with Crippen LogP contribution in [0.1, 0.15) is 43.8 Å². The third-order valence-corrected chi connectivity index (χ3v) is 5.15. The van der Waals surface area contributed by atoms with Crippen LogP contribution in [0.15, 0.2) is 24.4 Å². The smallest absolute Gasteiger partial charge is 0.170 e. The van der Waals surface area contributed by atoms with E-state index < -0.39 is 0 Å². The summed E-state index contributed by atoms with van der Waals surface area (Å²) in [5, 5.41) is 4.38. The molecule has 0 amide bonds. The van der Waals surface area contributed by atoms with Crippen LogP contribution in [0, 0.1) is 0 Å². The minimum atomic E-state index is 0.0716. The molecule has 1 aliphatic heterocycles. The fraction of sp³-hybridized carbons (Fsp3) is 0.625. The fourth-order valence-electron chi connectivity index (χ4n) is 3.82. The van der Waals surface area contributed by atoms with Crippen molar-refractivity contribution in [3.8, 4) is 0 Å². The van der Waals surface area contributed by atoms with Crippen LogP contribution in [0.25, 0.3) is 0 Å². The number of nitrogens with one attached hydrogen (secondary N) is 1. The SMILES string of the molecule is COCCN1C(=S)N[C@@H](c2ccccn2)C12CCCCC2. The second kappa shape index (κ2) is 6.28. The monoisotopic (exact) mass is 305 g/mol. The predicted molar refractivity (Wildman–Crippen MR) is 87.1 cm³/mol. The molecular formula is C16H23N3OS. The van der Waals surface area contributed by atoms with E-state index in [0.717, 1.165) is 17.4 Å². The molecular weight excluding hydrogens is 282 g/mol. The van der Waals surface area contributed by atoms with Gasteiger partial charge >= 0.3 is 0 Å². The Morgan fingerprint density at radius 1 is 1.38 bits per heavy atom. The number of ether oxygens (including phenoxy) is 1. The zero-order valence-electron chi connectivity index (χ0n) is 12.5. The number of methoxy groups -OCH3 is 1. The lowest BCUT2D eigenvalue weighted by molar-refractivity contribution is 0.0831. The number of pyridine rings is 1. The van der Waals surface area contributed by atoms with Gasteiger partial charge in [0.15, 0.2) is 5.11 Å². The lowest BCUT2D eigenvalue weighted by Crippen LogP contribution is -2.50. The highest BCUT2D eigenvalue weighted by atomic mass is 32.1. The Hall–Kier alpha value is -1.20. The van der Waals surface area contributed by atoms with E-state index in [1.807, 2.05) is 12.3 Å². The van der Waals surface area contributed by atoms with Crippen molar-refractivity contribution in [1.29, 1.82) is 0 Å². The normalized spacial score (nSPS) is 24.3. The van der Waals surface area contributed by atoms with Gasteiger partial charge in [0.25, 0.3) is 0 Å². The zero-order chi connectivity index (χ0) is 14.7. The molecule has 21 heavy (non-hydrogen) atoms. The topological polar surface area (TPSA) is 37.4 Å². The van der Waals surface area contributed by atoms with Crippen molar-refractivity contribution in [2.75, 3.05) is 20.3 Å². The summed E-state index contributed by atoms with van der Waals surface area (Å²) >= 11 is 5.62. The van der Waals surface area contributed by atoms with Gasteiger partial charge in [0.1, 0.15) is 0 Å². The average molecular weight is 305 g/mol. The molecule has 5 heteroatoms. The van der Waals surface area contributed by atoms with Crippen molar-refractivity contribution in [2.45, 2.75) is 43.7 Å². The van der Waals surface area contributed by atoms with E-state index >= 15 is 0 Å². The van der Waals surface area contributed by atoms with Gasteiger partial charge < -0.3 is 15.0 Å². The standard InChI is InChI=1S/C16H23N3OS/c1-20-12-11-19-15(21)18-14(13-7-3-6-10-17-13)16(19)8-4-2-5-9-16/h3,6-7,10,14H,2,4-5,8-9,11-12H2,1H3,(H,18,21)/t14-/m0/s1. The Kier molecular flexibility index (Phi) is 4.40. The molecule has 2 fully saturated rings. The van der Waals surface area contributed by atoms with Crippen LogP contribution in [0.3, 0.4) is 0 Å². The summed E-state index contributed by atoms with van der Waals surface area (Å²) < 4.78 is 5.28. The van der Waals surface area contributed by atoms with Crippen molar-refractivity contribution >= 4 is 17.3 Å². The summed E-state index contributed by atoms with van der Waals surface area (Å²) in [5.74, 6) is 0. The van der Waals surface area contributed by atoms with Crippen molar-refractivity contribution in [3.63, 3.8) is 0 Å². The van der Waals surface area contributed by atoms with Crippen LogP contribution in [0.5, 0.6) is 0 Å². The number of hydrogen-bond donors (Lipinski definition) is 1. The number of nitrogens with zero attached hydrogens (tertiary/aromatic N) is 2. The Balaban J connectivity index is 1.94. The molecule has 1 aromatic rings. The molecule has 2 aliphatic rings. The summed E-state index contributed by atoms with van der Waals surface area (Å²) in [7, 11) is 1.75. The fourth-order valence-corrected chi connectivity index (χ4v) is 4.21. The maximum absolute atomic E-state index is 5.62. The summed E-state index contributed by atoms with van der Waals surface area (Å²) in [5.41, 5.74) is 1.17. The molecule has 4 nitrogen and oxygen atoms in total. The van der Waals surface area contributed by atoms with Gasteiger partial charge in [-0.2, -0.15) is 0 Å². The lowest BCUT2D eigenvalue weighted by atomic mass is 9.75. The van der Waals surface area contributed by atoms with E-state index in [9.17, 15) is 0 Å². The summed E-state index contributed by atoms with van der Waals surface area (Å²) in [6.07, 6.45) is 8.06. The maximum atomic E-state index is 5.62. The average Bonchev–Trinajstić information content (AvgIpc) is 2.79. The second-order valence-electron chi connectivity index (χ2n) is 5.95. The number of rotatable bonds is 4. The Bertz CT molecular complexity index is 488. The van der Waals surface area contributed by atoms with Crippen LogP contribution in [0.4, 0.5) is 0 Å². The third kappa shape index (κ3) is 2.64. The molecule has 1 aromatic heterocycles. The van der Waals surface area contributed by atoms with E-state index in [-0.39, 0.29) is 11.6 Å². The molecule has 1 N–H and O–H groups in total. The molecule has 3 rings (SSSR count). The first-order chi connectivity index (χ1) is 10.3. The second-order valence-corrected chi connectivity index (χ2v) is 6.33. The van der Waals surface area contributed by atoms with Crippen LogP contribution in [0.2, 0.25) is 0 Å². The molecule has 1 atom stereocenters. The largest absolute Gasteiger partial charge is 0.383 e. The highest BCUT2D eigenvalue weighted by Crippen LogP contribution is 2.46. The van der Waals surface area contributed by atoms with Gasteiger partial charge in [-0.1, -0.05) is 25.3 Å². The first-order valence-corrected chi connectivity index (χ1v) is 8.17. The molecule has 0 aromatic carbocycles. The molecule has 2 heterocycles. The molecule has 1 spiro atoms. The van der Waals surface area contributed by atoms with Gasteiger partial charge in [-0.3, -0.25) is 4.98 Å². The van der Waals surface area contributed by atoms with Crippen molar-refractivity contribution < 1.29 is 4.74 Å². The molecule has 1 saturated heterocycles. The minimum Gasteiger partial charge on any atom is -0.383 e. The molecule has 114 valence electrons. The molecule has 1 aliphatic carbocycles. The molecule has 0 bridgehead atoms. The molecule has 0 unspecified atom stereocenters. The Labute approximate surface area is 131 Å². The van der Waals surface area contributed by atoms with Gasteiger partial charge in [0.2, 0.25) is 0 Å². The van der Waals surface area contributed by atoms with Crippen LogP contribution in [-0.4, -0.2) is 40.8 Å². The van der Waals surface area contributed by atoms with E-state index in [2.05, 4.69) is 27.3 Å². The third-order valence-electron chi connectivity index (χ3n) is 4.81. The van der Waals surface area contributed by atoms with E-state index in [1.165, 1.54) is 32.1 Å². The number of thiocarbonyl (C=S) groups is 1.